The Morgan fingerprint density at radius 1 is 0.882 bits per heavy atom. The second-order valence-corrected chi connectivity index (χ2v) is 10.5. The Hall–Kier alpha value is -2.91. The van der Waals surface area contributed by atoms with Crippen LogP contribution in [0.15, 0.2) is 65.6 Å². The quantitative estimate of drug-likeness (QED) is 0.649. The highest BCUT2D eigenvalue weighted by molar-refractivity contribution is 7.89. The summed E-state index contributed by atoms with van der Waals surface area (Å²) in [6.45, 7) is 3.87. The van der Waals surface area contributed by atoms with Crippen molar-refractivity contribution < 1.29 is 22.7 Å². The third kappa shape index (κ3) is 5.10. The van der Waals surface area contributed by atoms with E-state index in [1.54, 1.807) is 47.1 Å². The van der Waals surface area contributed by atoms with Crippen LogP contribution in [0, 0.1) is 5.92 Å². The number of ether oxygens (including phenoxy) is 1. The summed E-state index contributed by atoms with van der Waals surface area (Å²) >= 11 is 0. The highest BCUT2D eigenvalue weighted by Crippen LogP contribution is 2.38. The normalized spacial score (nSPS) is 21.8. The Bertz CT molecular complexity index is 1090. The van der Waals surface area contributed by atoms with Crippen molar-refractivity contribution in [3.63, 3.8) is 0 Å². The van der Waals surface area contributed by atoms with E-state index in [1.165, 1.54) is 4.31 Å². The fourth-order valence-corrected chi connectivity index (χ4v) is 6.43. The van der Waals surface area contributed by atoms with Gasteiger partial charge in [-0.15, -0.1) is 0 Å². The zero-order valence-electron chi connectivity index (χ0n) is 19.4. The molecule has 0 N–H and O–H groups in total. The van der Waals surface area contributed by atoms with Crippen molar-refractivity contribution in [2.24, 2.45) is 5.92 Å². The van der Waals surface area contributed by atoms with Crippen LogP contribution in [0.1, 0.15) is 31.4 Å². The second kappa shape index (κ2) is 10.6. The highest BCUT2D eigenvalue weighted by atomic mass is 32.2. The van der Waals surface area contributed by atoms with Crippen LogP contribution < -0.4 is 0 Å². The van der Waals surface area contributed by atoms with Crippen LogP contribution in [0.2, 0.25) is 0 Å². The number of rotatable bonds is 5. The number of amides is 2. The fourth-order valence-electron chi connectivity index (χ4n) is 4.72. The van der Waals surface area contributed by atoms with E-state index in [4.69, 9.17) is 4.74 Å². The molecule has 2 fully saturated rings. The zero-order chi connectivity index (χ0) is 24.1. The molecule has 182 valence electrons. The average molecular weight is 486 g/mol. The Balaban J connectivity index is 1.52. The van der Waals surface area contributed by atoms with Gasteiger partial charge in [0.15, 0.2) is 0 Å². The van der Waals surface area contributed by atoms with Gasteiger partial charge in [0.25, 0.3) is 0 Å². The van der Waals surface area contributed by atoms with Crippen molar-refractivity contribution in [1.82, 2.24) is 14.1 Å². The predicted octanol–water partition coefficient (Wildman–Crippen LogP) is 3.13. The number of carbonyl (C=O) groups is 2. The van der Waals surface area contributed by atoms with Crippen LogP contribution in [0.25, 0.3) is 0 Å². The first-order valence-electron chi connectivity index (χ1n) is 11.7. The third-order valence-corrected chi connectivity index (χ3v) is 8.43. The first-order valence-corrected chi connectivity index (χ1v) is 13.2. The molecular weight excluding hydrogens is 454 g/mol. The Morgan fingerprint density at radius 2 is 1.47 bits per heavy atom. The lowest BCUT2D eigenvalue weighted by Crippen LogP contribution is -2.54. The molecule has 0 aromatic heterocycles. The van der Waals surface area contributed by atoms with Gasteiger partial charge >= 0.3 is 6.09 Å². The molecule has 2 saturated heterocycles. The van der Waals surface area contributed by atoms with Crippen LogP contribution >= 0.6 is 0 Å². The zero-order valence-corrected chi connectivity index (χ0v) is 20.2. The highest BCUT2D eigenvalue weighted by Gasteiger charge is 2.41. The minimum Gasteiger partial charge on any atom is -0.450 e. The minimum atomic E-state index is -3.79. The van der Waals surface area contributed by atoms with Crippen molar-refractivity contribution in [3.05, 3.63) is 66.2 Å². The number of hydrogen-bond donors (Lipinski definition) is 0. The monoisotopic (exact) mass is 485 g/mol. The van der Waals surface area contributed by atoms with Crippen LogP contribution in [0.3, 0.4) is 0 Å². The number of benzene rings is 2. The van der Waals surface area contributed by atoms with Crippen molar-refractivity contribution in [1.29, 1.82) is 0 Å². The van der Waals surface area contributed by atoms with E-state index >= 15 is 0 Å². The number of piperidine rings is 1. The minimum absolute atomic E-state index is 0.0525. The van der Waals surface area contributed by atoms with Gasteiger partial charge in [-0.25, -0.2) is 13.2 Å². The summed E-state index contributed by atoms with van der Waals surface area (Å²) in [5.41, 5.74) is 0.927. The topological polar surface area (TPSA) is 87.2 Å². The van der Waals surface area contributed by atoms with Gasteiger partial charge in [0.2, 0.25) is 15.9 Å². The van der Waals surface area contributed by atoms with Crippen LogP contribution in [-0.2, 0) is 19.6 Å². The Labute approximate surface area is 201 Å². The van der Waals surface area contributed by atoms with Gasteiger partial charge in [-0.2, -0.15) is 4.31 Å². The van der Waals surface area contributed by atoms with Gasteiger partial charge < -0.3 is 14.5 Å². The van der Waals surface area contributed by atoms with Crippen molar-refractivity contribution >= 4 is 22.0 Å². The number of nitrogens with zero attached hydrogens (tertiary/aromatic N) is 3. The molecule has 0 bridgehead atoms. The summed E-state index contributed by atoms with van der Waals surface area (Å²) in [6.07, 6.45) is 0.810. The molecule has 8 nitrogen and oxygen atoms in total. The van der Waals surface area contributed by atoms with E-state index in [0.29, 0.717) is 45.6 Å². The van der Waals surface area contributed by atoms with E-state index in [9.17, 15) is 18.0 Å². The Kier molecular flexibility index (Phi) is 7.53. The first kappa shape index (κ1) is 24.2. The molecule has 9 heteroatoms. The SMILES string of the molecule is CCOC(=O)N1CCN(C(=O)C2CCC(c3ccccc3)N(S(=O)(=O)c3ccccc3)C2)CC1. The van der Waals surface area contributed by atoms with E-state index in [0.717, 1.165) is 5.56 Å². The molecule has 0 aliphatic carbocycles. The van der Waals surface area contributed by atoms with Gasteiger partial charge in [-0.1, -0.05) is 48.5 Å². The lowest BCUT2D eigenvalue weighted by molar-refractivity contribution is -0.138. The summed E-state index contributed by atoms with van der Waals surface area (Å²) in [7, 11) is -3.79. The maximum absolute atomic E-state index is 13.6. The van der Waals surface area contributed by atoms with E-state index in [-0.39, 0.29) is 29.5 Å². The van der Waals surface area contributed by atoms with E-state index in [2.05, 4.69) is 0 Å². The molecule has 2 heterocycles. The standard InChI is InChI=1S/C25H31N3O5S/c1-2-33-25(30)27-17-15-26(16-18-27)24(29)21-13-14-23(20-9-5-3-6-10-20)28(19-21)34(31,32)22-11-7-4-8-12-22/h3-12,21,23H,2,13-19H2,1H3. The summed E-state index contributed by atoms with van der Waals surface area (Å²) in [5, 5.41) is 0. The molecule has 0 spiro atoms. The molecule has 2 aliphatic heterocycles. The average Bonchev–Trinajstić information content (AvgIpc) is 2.89. The molecule has 2 aromatic carbocycles. The number of hydrogen-bond acceptors (Lipinski definition) is 5. The van der Waals surface area contributed by atoms with Crippen molar-refractivity contribution in [3.8, 4) is 0 Å². The van der Waals surface area contributed by atoms with Crippen LogP contribution in [0.4, 0.5) is 4.79 Å². The molecular formula is C25H31N3O5S. The smallest absolute Gasteiger partial charge is 0.409 e. The predicted molar refractivity (Wildman–Crippen MR) is 127 cm³/mol. The maximum Gasteiger partial charge on any atom is 0.409 e. The molecule has 4 rings (SSSR count). The largest absolute Gasteiger partial charge is 0.450 e. The van der Waals surface area contributed by atoms with Crippen LogP contribution in [-0.4, -0.2) is 73.9 Å². The molecule has 2 amide bonds. The first-order chi connectivity index (χ1) is 16.4. The summed E-state index contributed by atoms with van der Waals surface area (Å²) in [5.74, 6) is -0.476. The lowest BCUT2D eigenvalue weighted by atomic mass is 9.90. The van der Waals surface area contributed by atoms with Gasteiger partial charge in [0.05, 0.1) is 23.5 Å². The molecule has 0 radical (unpaired) electrons. The molecule has 2 unspecified atom stereocenters. The summed E-state index contributed by atoms with van der Waals surface area (Å²) in [6, 6.07) is 17.7. The maximum atomic E-state index is 13.6. The molecule has 0 saturated carbocycles. The molecule has 2 aromatic rings. The fraction of sp³-hybridized carbons (Fsp3) is 0.440. The summed E-state index contributed by atoms with van der Waals surface area (Å²) in [4.78, 5) is 28.9. The second-order valence-electron chi connectivity index (χ2n) is 8.60. The Morgan fingerprint density at radius 3 is 2.09 bits per heavy atom. The lowest BCUT2D eigenvalue weighted by Gasteiger charge is -2.41. The van der Waals surface area contributed by atoms with Crippen molar-refractivity contribution in [2.75, 3.05) is 39.3 Å². The van der Waals surface area contributed by atoms with Gasteiger partial charge in [-0.3, -0.25) is 4.79 Å². The van der Waals surface area contributed by atoms with Gasteiger partial charge in [0, 0.05) is 32.7 Å². The van der Waals surface area contributed by atoms with Crippen LogP contribution in [0.5, 0.6) is 0 Å². The van der Waals surface area contributed by atoms with E-state index in [1.807, 2.05) is 30.3 Å². The van der Waals surface area contributed by atoms with Gasteiger partial charge in [-0.05, 0) is 37.5 Å². The third-order valence-electron chi connectivity index (χ3n) is 6.54. The molecule has 34 heavy (non-hydrogen) atoms. The van der Waals surface area contributed by atoms with E-state index < -0.39 is 15.9 Å². The molecule has 2 aliphatic rings. The number of carbonyl (C=O) groups excluding carboxylic acids is 2. The number of piperazine rings is 1. The number of sulfonamides is 1. The molecule has 2 atom stereocenters. The van der Waals surface area contributed by atoms with Crippen molar-refractivity contribution in [2.45, 2.75) is 30.7 Å². The van der Waals surface area contributed by atoms with Gasteiger partial charge in [0.1, 0.15) is 0 Å². The summed E-state index contributed by atoms with van der Waals surface area (Å²) < 4.78 is 33.8.